The summed E-state index contributed by atoms with van der Waals surface area (Å²) in [6, 6.07) is 4.01. The third-order valence-electron chi connectivity index (χ3n) is 2.92. The second kappa shape index (κ2) is 4.49. The predicted octanol–water partition coefficient (Wildman–Crippen LogP) is 1.10. The van der Waals surface area contributed by atoms with Crippen LogP contribution in [-0.4, -0.2) is 37.0 Å². The van der Waals surface area contributed by atoms with Crippen LogP contribution in [0.5, 0.6) is 0 Å². The molecule has 1 aromatic rings. The van der Waals surface area contributed by atoms with Crippen molar-refractivity contribution in [2.24, 2.45) is 0 Å². The summed E-state index contributed by atoms with van der Waals surface area (Å²) >= 11 is 0. The third kappa shape index (κ3) is 2.21. The van der Waals surface area contributed by atoms with E-state index in [9.17, 15) is 4.79 Å². The molecule has 0 aliphatic carbocycles. The number of carbonyl (C=O) groups is 1. The molecular formula is C11H16N2O2. The normalized spacial score (nSPS) is 18.1. The maximum atomic E-state index is 11.9. The Hall–Kier alpha value is -1.29. The summed E-state index contributed by atoms with van der Waals surface area (Å²) in [5.41, 5.74) is 0. The molecule has 4 heteroatoms. The van der Waals surface area contributed by atoms with Crippen molar-refractivity contribution in [3.05, 3.63) is 24.2 Å². The van der Waals surface area contributed by atoms with E-state index in [0.717, 1.165) is 25.9 Å². The zero-order valence-electron chi connectivity index (χ0n) is 8.90. The lowest BCUT2D eigenvalue weighted by Gasteiger charge is -2.31. The van der Waals surface area contributed by atoms with Crippen LogP contribution in [0.1, 0.15) is 23.4 Å². The number of rotatable bonds is 2. The SMILES string of the molecule is CNC1CCN(C(=O)c2ccco2)CC1. The molecule has 0 unspecified atom stereocenters. The number of hydrogen-bond acceptors (Lipinski definition) is 3. The fourth-order valence-corrected chi connectivity index (χ4v) is 1.93. The van der Waals surface area contributed by atoms with E-state index < -0.39 is 0 Å². The molecule has 0 radical (unpaired) electrons. The molecule has 1 fully saturated rings. The maximum absolute atomic E-state index is 11.9. The van der Waals surface area contributed by atoms with Crippen LogP contribution in [0.3, 0.4) is 0 Å². The van der Waals surface area contributed by atoms with Gasteiger partial charge in [0.15, 0.2) is 5.76 Å². The molecule has 0 bridgehead atoms. The summed E-state index contributed by atoms with van der Waals surface area (Å²) in [7, 11) is 1.97. The van der Waals surface area contributed by atoms with Crippen molar-refractivity contribution >= 4 is 5.91 Å². The van der Waals surface area contributed by atoms with Gasteiger partial charge in [0, 0.05) is 19.1 Å². The number of carbonyl (C=O) groups excluding carboxylic acids is 1. The first-order valence-corrected chi connectivity index (χ1v) is 5.31. The Morgan fingerprint density at radius 2 is 2.27 bits per heavy atom. The number of hydrogen-bond donors (Lipinski definition) is 1. The van der Waals surface area contributed by atoms with Gasteiger partial charge in [0.25, 0.3) is 5.91 Å². The standard InChI is InChI=1S/C11H16N2O2/c1-12-9-4-6-13(7-5-9)11(14)10-3-2-8-15-10/h2-3,8-9,12H,4-7H2,1H3. The van der Waals surface area contributed by atoms with Crippen LogP contribution in [0.4, 0.5) is 0 Å². The van der Waals surface area contributed by atoms with Crippen molar-refractivity contribution in [1.82, 2.24) is 10.2 Å². The summed E-state index contributed by atoms with van der Waals surface area (Å²) in [5.74, 6) is 0.451. The van der Waals surface area contributed by atoms with Crippen molar-refractivity contribution < 1.29 is 9.21 Å². The van der Waals surface area contributed by atoms with Gasteiger partial charge in [-0.2, -0.15) is 0 Å². The quantitative estimate of drug-likeness (QED) is 0.791. The number of nitrogens with one attached hydrogen (secondary N) is 1. The zero-order valence-corrected chi connectivity index (χ0v) is 8.90. The number of piperidine rings is 1. The maximum Gasteiger partial charge on any atom is 0.289 e. The van der Waals surface area contributed by atoms with Gasteiger partial charge in [0.2, 0.25) is 0 Å². The highest BCUT2D eigenvalue weighted by molar-refractivity contribution is 5.91. The van der Waals surface area contributed by atoms with Crippen LogP contribution in [0.15, 0.2) is 22.8 Å². The first-order chi connectivity index (χ1) is 7.31. The minimum Gasteiger partial charge on any atom is -0.459 e. The highest BCUT2D eigenvalue weighted by Gasteiger charge is 2.23. The zero-order chi connectivity index (χ0) is 10.7. The minimum atomic E-state index is 0.00885. The second-order valence-corrected chi connectivity index (χ2v) is 3.83. The number of nitrogens with zero attached hydrogens (tertiary/aromatic N) is 1. The van der Waals surface area contributed by atoms with E-state index in [2.05, 4.69) is 5.32 Å². The molecule has 1 N–H and O–H groups in total. The molecule has 1 aromatic heterocycles. The first-order valence-electron chi connectivity index (χ1n) is 5.31. The van der Waals surface area contributed by atoms with Gasteiger partial charge in [0.05, 0.1) is 6.26 Å². The number of furan rings is 1. The van der Waals surface area contributed by atoms with Gasteiger partial charge >= 0.3 is 0 Å². The molecule has 1 saturated heterocycles. The summed E-state index contributed by atoms with van der Waals surface area (Å²) in [4.78, 5) is 13.7. The molecule has 0 spiro atoms. The van der Waals surface area contributed by atoms with Gasteiger partial charge in [-0.15, -0.1) is 0 Å². The highest BCUT2D eigenvalue weighted by atomic mass is 16.3. The topological polar surface area (TPSA) is 45.5 Å². The van der Waals surface area contributed by atoms with Gasteiger partial charge < -0.3 is 14.6 Å². The Morgan fingerprint density at radius 3 is 2.80 bits per heavy atom. The Morgan fingerprint density at radius 1 is 1.53 bits per heavy atom. The van der Waals surface area contributed by atoms with E-state index >= 15 is 0 Å². The van der Waals surface area contributed by atoms with Gasteiger partial charge in [0.1, 0.15) is 0 Å². The molecule has 4 nitrogen and oxygen atoms in total. The Kier molecular flexibility index (Phi) is 3.06. The molecule has 0 atom stereocenters. The molecule has 15 heavy (non-hydrogen) atoms. The van der Waals surface area contributed by atoms with Crippen LogP contribution in [0.25, 0.3) is 0 Å². The lowest BCUT2D eigenvalue weighted by Crippen LogP contribution is -2.43. The van der Waals surface area contributed by atoms with Gasteiger partial charge in [-0.1, -0.05) is 0 Å². The largest absolute Gasteiger partial charge is 0.459 e. The van der Waals surface area contributed by atoms with E-state index in [1.54, 1.807) is 12.1 Å². The fourth-order valence-electron chi connectivity index (χ4n) is 1.93. The van der Waals surface area contributed by atoms with Crippen molar-refractivity contribution in [3.63, 3.8) is 0 Å². The molecular weight excluding hydrogens is 192 g/mol. The third-order valence-corrected chi connectivity index (χ3v) is 2.92. The summed E-state index contributed by atoms with van der Waals surface area (Å²) < 4.78 is 5.09. The van der Waals surface area contributed by atoms with Crippen LogP contribution in [-0.2, 0) is 0 Å². The lowest BCUT2D eigenvalue weighted by atomic mass is 10.1. The molecule has 0 saturated carbocycles. The molecule has 2 heterocycles. The fraction of sp³-hybridized carbons (Fsp3) is 0.545. The Balaban J connectivity index is 1.93. The van der Waals surface area contributed by atoms with E-state index in [1.807, 2.05) is 11.9 Å². The van der Waals surface area contributed by atoms with Gasteiger partial charge in [-0.25, -0.2) is 0 Å². The molecule has 2 rings (SSSR count). The minimum absolute atomic E-state index is 0.00885. The van der Waals surface area contributed by atoms with Crippen molar-refractivity contribution in [3.8, 4) is 0 Å². The molecule has 82 valence electrons. The lowest BCUT2D eigenvalue weighted by molar-refractivity contribution is 0.0675. The van der Waals surface area contributed by atoms with E-state index in [4.69, 9.17) is 4.42 Å². The van der Waals surface area contributed by atoms with Crippen molar-refractivity contribution in [2.75, 3.05) is 20.1 Å². The summed E-state index contributed by atoms with van der Waals surface area (Å²) in [5, 5.41) is 3.24. The van der Waals surface area contributed by atoms with Crippen LogP contribution >= 0.6 is 0 Å². The monoisotopic (exact) mass is 208 g/mol. The van der Waals surface area contributed by atoms with E-state index in [-0.39, 0.29) is 5.91 Å². The molecule has 1 amide bonds. The van der Waals surface area contributed by atoms with E-state index in [0.29, 0.717) is 11.8 Å². The summed E-state index contributed by atoms with van der Waals surface area (Å²) in [6.07, 6.45) is 3.57. The molecule has 0 aromatic carbocycles. The Labute approximate surface area is 89.2 Å². The van der Waals surface area contributed by atoms with Crippen LogP contribution in [0.2, 0.25) is 0 Å². The number of amides is 1. The van der Waals surface area contributed by atoms with Crippen molar-refractivity contribution in [2.45, 2.75) is 18.9 Å². The Bertz CT molecular complexity index is 313. The molecule has 1 aliphatic heterocycles. The van der Waals surface area contributed by atoms with Gasteiger partial charge in [-0.3, -0.25) is 4.79 Å². The average molecular weight is 208 g/mol. The van der Waals surface area contributed by atoms with Gasteiger partial charge in [-0.05, 0) is 32.0 Å². The number of likely N-dealkylation sites (tertiary alicyclic amines) is 1. The highest BCUT2D eigenvalue weighted by Crippen LogP contribution is 2.13. The predicted molar refractivity (Wildman–Crippen MR) is 56.7 cm³/mol. The average Bonchev–Trinajstić information content (AvgIpc) is 2.82. The smallest absolute Gasteiger partial charge is 0.289 e. The van der Waals surface area contributed by atoms with Crippen molar-refractivity contribution in [1.29, 1.82) is 0 Å². The van der Waals surface area contributed by atoms with Crippen LogP contribution < -0.4 is 5.32 Å². The second-order valence-electron chi connectivity index (χ2n) is 3.83. The summed E-state index contributed by atoms with van der Waals surface area (Å²) in [6.45, 7) is 1.62. The van der Waals surface area contributed by atoms with E-state index in [1.165, 1.54) is 6.26 Å². The van der Waals surface area contributed by atoms with Crippen LogP contribution in [0, 0.1) is 0 Å². The molecule has 1 aliphatic rings. The first kappa shape index (κ1) is 10.2.